The van der Waals surface area contributed by atoms with Gasteiger partial charge in [0.05, 0.1) is 5.60 Å². The number of nitrogens with one attached hydrogen (secondary N) is 1. The lowest BCUT2D eigenvalue weighted by Gasteiger charge is -2.32. The Balaban J connectivity index is 1.63. The van der Waals surface area contributed by atoms with E-state index in [0.717, 1.165) is 25.8 Å². The van der Waals surface area contributed by atoms with Crippen LogP contribution in [0.4, 0.5) is 0 Å². The molecule has 0 amide bonds. The van der Waals surface area contributed by atoms with Crippen molar-refractivity contribution in [3.05, 3.63) is 22.4 Å². The Morgan fingerprint density at radius 3 is 2.94 bits per heavy atom. The maximum atomic E-state index is 10.2. The van der Waals surface area contributed by atoms with Gasteiger partial charge in [-0.1, -0.05) is 6.07 Å². The van der Waals surface area contributed by atoms with Crippen LogP contribution in [-0.2, 0) is 11.2 Å². The van der Waals surface area contributed by atoms with E-state index in [1.165, 1.54) is 4.88 Å². The first kappa shape index (κ1) is 12.0. The minimum absolute atomic E-state index is 0.548. The fourth-order valence-corrected chi connectivity index (χ4v) is 2.62. The van der Waals surface area contributed by atoms with Crippen LogP contribution in [0.2, 0.25) is 0 Å². The van der Waals surface area contributed by atoms with Crippen LogP contribution in [0.5, 0.6) is 0 Å². The maximum Gasteiger partial charge on any atom is 0.0815 e. The molecule has 0 radical (unpaired) electrons. The van der Waals surface area contributed by atoms with E-state index in [2.05, 4.69) is 22.8 Å². The molecule has 90 valence electrons. The first-order valence-electron chi connectivity index (χ1n) is 5.82. The molecule has 0 saturated carbocycles. The van der Waals surface area contributed by atoms with Gasteiger partial charge < -0.3 is 15.2 Å². The van der Waals surface area contributed by atoms with Gasteiger partial charge in [-0.05, 0) is 17.9 Å². The van der Waals surface area contributed by atoms with Gasteiger partial charge >= 0.3 is 0 Å². The van der Waals surface area contributed by atoms with Crippen molar-refractivity contribution in [3.63, 3.8) is 0 Å². The number of aliphatic hydroxyl groups is 1. The number of rotatable bonds is 5. The minimum atomic E-state index is -0.548. The molecule has 0 aromatic carbocycles. The lowest BCUT2D eigenvalue weighted by atomic mass is 9.94. The van der Waals surface area contributed by atoms with Crippen LogP contribution < -0.4 is 5.32 Å². The van der Waals surface area contributed by atoms with Gasteiger partial charge in [0.25, 0.3) is 0 Å². The van der Waals surface area contributed by atoms with E-state index in [0.29, 0.717) is 19.8 Å². The van der Waals surface area contributed by atoms with E-state index in [4.69, 9.17) is 4.74 Å². The zero-order valence-corrected chi connectivity index (χ0v) is 10.3. The van der Waals surface area contributed by atoms with Gasteiger partial charge in [-0.2, -0.15) is 0 Å². The Bertz CT molecular complexity index is 294. The van der Waals surface area contributed by atoms with Crippen LogP contribution >= 0.6 is 11.3 Å². The zero-order chi connectivity index (χ0) is 11.3. The molecule has 2 heterocycles. The van der Waals surface area contributed by atoms with Crippen molar-refractivity contribution in [2.75, 3.05) is 26.3 Å². The molecule has 1 fully saturated rings. The third-order valence-electron chi connectivity index (χ3n) is 3.01. The average Bonchev–Trinajstić information content (AvgIpc) is 2.78. The molecule has 1 aromatic rings. The maximum absolute atomic E-state index is 10.2. The number of thiophene rings is 1. The Morgan fingerprint density at radius 2 is 2.25 bits per heavy atom. The second-order valence-electron chi connectivity index (χ2n) is 4.34. The molecule has 0 aliphatic carbocycles. The highest BCUT2D eigenvalue weighted by Gasteiger charge is 2.28. The van der Waals surface area contributed by atoms with E-state index in [1.54, 1.807) is 11.3 Å². The predicted octanol–water partition coefficient (Wildman–Crippen LogP) is 1.42. The summed E-state index contributed by atoms with van der Waals surface area (Å²) in [6.07, 6.45) is 2.54. The minimum Gasteiger partial charge on any atom is -0.388 e. The molecule has 1 aromatic heterocycles. The number of ether oxygens (including phenoxy) is 1. The Kier molecular flexibility index (Phi) is 4.35. The second kappa shape index (κ2) is 5.77. The van der Waals surface area contributed by atoms with Gasteiger partial charge in [-0.25, -0.2) is 0 Å². The molecular weight excluding hydrogens is 222 g/mol. The average molecular weight is 241 g/mol. The molecule has 2 N–H and O–H groups in total. The van der Waals surface area contributed by atoms with Crippen LogP contribution in [0, 0.1) is 0 Å². The van der Waals surface area contributed by atoms with Gasteiger partial charge in [-0.3, -0.25) is 0 Å². The van der Waals surface area contributed by atoms with Crippen molar-refractivity contribution in [1.29, 1.82) is 0 Å². The standard InChI is InChI=1S/C12H19NO2S/c14-12(4-7-15-8-5-12)10-13-6-3-11-2-1-9-16-11/h1-2,9,13-14H,3-8,10H2. The highest BCUT2D eigenvalue weighted by molar-refractivity contribution is 7.09. The van der Waals surface area contributed by atoms with Crippen LogP contribution in [0.25, 0.3) is 0 Å². The molecule has 1 saturated heterocycles. The smallest absolute Gasteiger partial charge is 0.0815 e. The summed E-state index contributed by atoms with van der Waals surface area (Å²) in [4.78, 5) is 1.39. The van der Waals surface area contributed by atoms with Crippen molar-refractivity contribution in [2.24, 2.45) is 0 Å². The monoisotopic (exact) mass is 241 g/mol. The molecule has 16 heavy (non-hydrogen) atoms. The number of hydrogen-bond acceptors (Lipinski definition) is 4. The second-order valence-corrected chi connectivity index (χ2v) is 5.38. The molecule has 4 heteroatoms. The zero-order valence-electron chi connectivity index (χ0n) is 9.45. The van der Waals surface area contributed by atoms with Gasteiger partial charge in [-0.15, -0.1) is 11.3 Å². The molecule has 0 atom stereocenters. The molecule has 0 spiro atoms. The lowest BCUT2D eigenvalue weighted by Crippen LogP contribution is -2.45. The normalized spacial score (nSPS) is 19.8. The van der Waals surface area contributed by atoms with Gasteiger partial charge in [0.2, 0.25) is 0 Å². The summed E-state index contributed by atoms with van der Waals surface area (Å²) in [5, 5.41) is 15.6. The molecule has 0 bridgehead atoms. The first-order valence-corrected chi connectivity index (χ1v) is 6.70. The fourth-order valence-electron chi connectivity index (χ4n) is 1.92. The van der Waals surface area contributed by atoms with Crippen LogP contribution in [0.3, 0.4) is 0 Å². The fraction of sp³-hybridized carbons (Fsp3) is 0.667. The van der Waals surface area contributed by atoms with Crippen molar-refractivity contribution < 1.29 is 9.84 Å². The largest absolute Gasteiger partial charge is 0.388 e. The van der Waals surface area contributed by atoms with Crippen molar-refractivity contribution in [2.45, 2.75) is 24.9 Å². The molecule has 1 aliphatic rings. The van der Waals surface area contributed by atoms with Crippen LogP contribution in [0.1, 0.15) is 17.7 Å². The summed E-state index contributed by atoms with van der Waals surface area (Å²) in [6.45, 7) is 2.98. The third kappa shape index (κ3) is 3.56. The highest BCUT2D eigenvalue weighted by atomic mass is 32.1. The van der Waals surface area contributed by atoms with E-state index >= 15 is 0 Å². The quantitative estimate of drug-likeness (QED) is 0.766. The molecule has 0 unspecified atom stereocenters. The predicted molar refractivity (Wildman–Crippen MR) is 65.9 cm³/mol. The van der Waals surface area contributed by atoms with Gasteiger partial charge in [0.1, 0.15) is 0 Å². The van der Waals surface area contributed by atoms with Crippen molar-refractivity contribution in [1.82, 2.24) is 5.32 Å². The van der Waals surface area contributed by atoms with Crippen LogP contribution in [-0.4, -0.2) is 37.0 Å². The summed E-state index contributed by atoms with van der Waals surface area (Å²) in [7, 11) is 0. The first-order chi connectivity index (χ1) is 7.79. The third-order valence-corrected chi connectivity index (χ3v) is 3.94. The molecule has 2 rings (SSSR count). The van der Waals surface area contributed by atoms with Gasteiger partial charge in [0.15, 0.2) is 0 Å². The van der Waals surface area contributed by atoms with E-state index in [-0.39, 0.29) is 0 Å². The van der Waals surface area contributed by atoms with Crippen molar-refractivity contribution in [3.8, 4) is 0 Å². The van der Waals surface area contributed by atoms with E-state index in [1.807, 2.05) is 0 Å². The Labute approximate surface area is 100 Å². The Morgan fingerprint density at radius 1 is 1.44 bits per heavy atom. The summed E-state index contributed by atoms with van der Waals surface area (Å²) in [5.41, 5.74) is -0.548. The van der Waals surface area contributed by atoms with Gasteiger partial charge in [0, 0.05) is 44.0 Å². The summed E-state index contributed by atoms with van der Waals surface area (Å²) in [6, 6.07) is 4.22. The van der Waals surface area contributed by atoms with Crippen LogP contribution in [0.15, 0.2) is 17.5 Å². The molecular formula is C12H19NO2S. The Hall–Kier alpha value is -0.420. The lowest BCUT2D eigenvalue weighted by molar-refractivity contribution is -0.0613. The molecule has 3 nitrogen and oxygen atoms in total. The van der Waals surface area contributed by atoms with Crippen molar-refractivity contribution >= 4 is 11.3 Å². The summed E-state index contributed by atoms with van der Waals surface area (Å²) >= 11 is 1.79. The summed E-state index contributed by atoms with van der Waals surface area (Å²) < 4.78 is 5.24. The SMILES string of the molecule is OC1(CNCCc2cccs2)CCOCC1. The van der Waals surface area contributed by atoms with E-state index in [9.17, 15) is 5.11 Å². The van der Waals surface area contributed by atoms with E-state index < -0.39 is 5.60 Å². The topological polar surface area (TPSA) is 41.5 Å². The molecule has 1 aliphatic heterocycles. The summed E-state index contributed by atoms with van der Waals surface area (Å²) in [5.74, 6) is 0. The number of hydrogen-bond donors (Lipinski definition) is 2. The highest BCUT2D eigenvalue weighted by Crippen LogP contribution is 2.19.